The number of hydrogen-bond acceptors (Lipinski definition) is 6. The minimum atomic E-state index is 0.152. The second-order valence-corrected chi connectivity index (χ2v) is 9.23. The van der Waals surface area contributed by atoms with Crippen molar-refractivity contribution in [2.45, 2.75) is 31.5 Å². The van der Waals surface area contributed by atoms with Crippen LogP contribution in [0.15, 0.2) is 72.9 Å². The van der Waals surface area contributed by atoms with Gasteiger partial charge < -0.3 is 10.2 Å². The summed E-state index contributed by atoms with van der Waals surface area (Å²) in [5.41, 5.74) is 3.18. The number of pyridine rings is 1. The topological polar surface area (TPSA) is 57.2 Å². The van der Waals surface area contributed by atoms with Gasteiger partial charge in [0.15, 0.2) is 5.82 Å². The minimum Gasteiger partial charge on any atom is -0.364 e. The van der Waals surface area contributed by atoms with Crippen molar-refractivity contribution in [2.24, 2.45) is 0 Å². The summed E-state index contributed by atoms with van der Waals surface area (Å²) in [6, 6.07) is 24.1. The monoisotopic (exact) mass is 436 g/mol. The second-order valence-electron chi connectivity index (χ2n) is 9.23. The number of hydrogen-bond donors (Lipinski definition) is 1. The second kappa shape index (κ2) is 8.12. The van der Waals surface area contributed by atoms with Gasteiger partial charge in [0.25, 0.3) is 0 Å². The van der Waals surface area contributed by atoms with Gasteiger partial charge in [0, 0.05) is 48.4 Å². The highest BCUT2D eigenvalue weighted by Crippen LogP contribution is 2.37. The third-order valence-corrected chi connectivity index (χ3v) is 7.05. The molecule has 2 bridgehead atoms. The predicted molar refractivity (Wildman–Crippen MR) is 133 cm³/mol. The Morgan fingerprint density at radius 2 is 1.76 bits per heavy atom. The number of fused-ring (bicyclic) bond motifs is 3. The fourth-order valence-corrected chi connectivity index (χ4v) is 5.23. The van der Waals surface area contributed by atoms with Gasteiger partial charge in [0.05, 0.1) is 5.52 Å². The lowest BCUT2D eigenvalue weighted by molar-refractivity contribution is 0.292. The summed E-state index contributed by atoms with van der Waals surface area (Å²) in [6.07, 6.45) is 3.05. The van der Waals surface area contributed by atoms with Crippen molar-refractivity contribution in [3.63, 3.8) is 0 Å². The first kappa shape index (κ1) is 20.1. The van der Waals surface area contributed by atoms with Crippen molar-refractivity contribution in [3.05, 3.63) is 78.5 Å². The van der Waals surface area contributed by atoms with Crippen molar-refractivity contribution >= 4 is 22.5 Å². The van der Waals surface area contributed by atoms with Crippen LogP contribution in [0, 0.1) is 0 Å². The fourth-order valence-electron chi connectivity index (χ4n) is 5.23. The molecule has 4 aromatic rings. The van der Waals surface area contributed by atoms with E-state index in [1.165, 1.54) is 12.0 Å². The number of aromatic nitrogens is 3. The zero-order chi connectivity index (χ0) is 22.4. The molecule has 0 radical (unpaired) electrons. The van der Waals surface area contributed by atoms with Crippen molar-refractivity contribution in [1.82, 2.24) is 19.9 Å². The Hall–Kier alpha value is -3.51. The van der Waals surface area contributed by atoms with E-state index in [0.717, 1.165) is 47.0 Å². The molecule has 0 spiro atoms. The summed E-state index contributed by atoms with van der Waals surface area (Å²) in [7, 11) is 2.23. The van der Waals surface area contributed by atoms with E-state index in [1.54, 1.807) is 0 Å². The summed E-state index contributed by atoms with van der Waals surface area (Å²) < 4.78 is 0. The van der Waals surface area contributed by atoms with Crippen LogP contribution in [0.3, 0.4) is 0 Å². The average Bonchev–Trinajstić information content (AvgIpc) is 3.44. The maximum Gasteiger partial charge on any atom is 0.162 e. The third kappa shape index (κ3) is 3.70. The number of piperazine rings is 1. The van der Waals surface area contributed by atoms with Gasteiger partial charge in [-0.2, -0.15) is 0 Å². The summed E-state index contributed by atoms with van der Waals surface area (Å²) in [6.45, 7) is 4.27. The molecule has 2 aromatic carbocycles. The van der Waals surface area contributed by atoms with E-state index in [0.29, 0.717) is 12.1 Å². The molecule has 0 saturated carbocycles. The summed E-state index contributed by atoms with van der Waals surface area (Å²) >= 11 is 0. The van der Waals surface area contributed by atoms with Gasteiger partial charge in [0.1, 0.15) is 11.6 Å². The Bertz CT molecular complexity index is 1290. The Morgan fingerprint density at radius 3 is 2.55 bits per heavy atom. The van der Waals surface area contributed by atoms with Crippen LogP contribution in [0.5, 0.6) is 0 Å². The lowest BCUT2D eigenvalue weighted by atomic mass is 10.1. The molecule has 1 N–H and O–H groups in total. The number of nitrogens with one attached hydrogen (secondary N) is 1. The van der Waals surface area contributed by atoms with E-state index in [-0.39, 0.29) is 6.04 Å². The van der Waals surface area contributed by atoms with Gasteiger partial charge in [-0.1, -0.05) is 42.5 Å². The molecular weight excluding hydrogens is 408 g/mol. The number of anilines is 2. The highest BCUT2D eigenvalue weighted by Gasteiger charge is 2.42. The number of likely N-dealkylation sites (tertiary alicyclic amines) is 1. The average molecular weight is 437 g/mol. The van der Waals surface area contributed by atoms with E-state index in [4.69, 9.17) is 9.97 Å². The number of benzene rings is 2. The van der Waals surface area contributed by atoms with Gasteiger partial charge >= 0.3 is 0 Å². The van der Waals surface area contributed by atoms with Crippen molar-refractivity contribution in [1.29, 1.82) is 0 Å². The van der Waals surface area contributed by atoms with E-state index < -0.39 is 0 Å². The Balaban J connectivity index is 1.36. The maximum absolute atomic E-state index is 5.12. The lowest BCUT2D eigenvalue weighted by Crippen LogP contribution is -2.45. The quantitative estimate of drug-likeness (QED) is 0.487. The molecule has 2 aromatic heterocycles. The maximum atomic E-state index is 5.12. The molecule has 0 aliphatic carbocycles. The molecule has 0 amide bonds. The molecule has 2 unspecified atom stereocenters. The van der Waals surface area contributed by atoms with Crippen LogP contribution < -0.4 is 10.2 Å². The number of nitrogens with zero attached hydrogens (tertiary/aromatic N) is 5. The molecule has 2 aliphatic rings. The van der Waals surface area contributed by atoms with Gasteiger partial charge in [-0.3, -0.25) is 4.90 Å². The molecule has 4 heterocycles. The van der Waals surface area contributed by atoms with Crippen LogP contribution >= 0.6 is 0 Å². The first-order valence-corrected chi connectivity index (χ1v) is 11.7. The molecule has 33 heavy (non-hydrogen) atoms. The van der Waals surface area contributed by atoms with E-state index in [1.807, 2.05) is 24.4 Å². The van der Waals surface area contributed by atoms with Crippen molar-refractivity contribution < 1.29 is 0 Å². The van der Waals surface area contributed by atoms with Gasteiger partial charge in [-0.05, 0) is 50.2 Å². The normalized spacial score (nSPS) is 21.0. The van der Waals surface area contributed by atoms with Crippen molar-refractivity contribution in [2.75, 3.05) is 30.4 Å². The van der Waals surface area contributed by atoms with Crippen molar-refractivity contribution in [3.8, 4) is 11.4 Å². The zero-order valence-corrected chi connectivity index (χ0v) is 19.0. The first-order valence-electron chi connectivity index (χ1n) is 11.7. The molecule has 166 valence electrons. The molecule has 2 fully saturated rings. The molecule has 6 heteroatoms. The Morgan fingerprint density at radius 1 is 0.939 bits per heavy atom. The summed E-state index contributed by atoms with van der Waals surface area (Å²) in [4.78, 5) is 19.6. The predicted octanol–water partition coefficient (Wildman–Crippen LogP) is 4.76. The zero-order valence-electron chi connectivity index (χ0n) is 19.0. The number of likely N-dealkylation sites (N-methyl/N-ethyl adjacent to an activating group) is 1. The van der Waals surface area contributed by atoms with E-state index >= 15 is 0 Å². The van der Waals surface area contributed by atoms with Crippen LogP contribution in [0.2, 0.25) is 0 Å². The van der Waals surface area contributed by atoms with Gasteiger partial charge in [0.2, 0.25) is 0 Å². The fraction of sp³-hybridized carbons (Fsp3) is 0.296. The Labute approximate surface area is 194 Å². The number of para-hydroxylation sites is 1. The molecule has 6 rings (SSSR count). The highest BCUT2D eigenvalue weighted by atomic mass is 15.4. The van der Waals surface area contributed by atoms with E-state index in [9.17, 15) is 0 Å². The van der Waals surface area contributed by atoms with Crippen LogP contribution in [0.1, 0.15) is 24.9 Å². The highest BCUT2D eigenvalue weighted by molar-refractivity contribution is 5.91. The minimum absolute atomic E-state index is 0.152. The molecule has 2 saturated heterocycles. The molecule has 6 nitrogen and oxygen atoms in total. The molecule has 3 atom stereocenters. The van der Waals surface area contributed by atoms with Gasteiger partial charge in [-0.25, -0.2) is 15.0 Å². The van der Waals surface area contributed by atoms with Crippen LogP contribution in [-0.4, -0.2) is 52.1 Å². The number of rotatable bonds is 5. The van der Waals surface area contributed by atoms with Crippen LogP contribution in [0.4, 0.5) is 11.6 Å². The Kier molecular flexibility index (Phi) is 4.95. The van der Waals surface area contributed by atoms with E-state index in [2.05, 4.69) is 82.6 Å². The van der Waals surface area contributed by atoms with Gasteiger partial charge in [-0.15, -0.1) is 0 Å². The standard InChI is InChI=1S/C27H28N6/c1-18(19-8-4-3-5-9-19)29-25-14-20(12-13-28-25)26-30-24-11-7-6-10-23(24)27(31-26)33-17-21-15-22(33)16-32(21)2/h3-14,18,21-22H,15-17H2,1-2H3,(H,28,29)/t18?,21?,22-/m0/s1. The first-order chi connectivity index (χ1) is 16.2. The SMILES string of the molecule is CC(Nc1cc(-c2nc(N3CC4C[C@H]3CN4C)c3ccccc3n2)ccn1)c1ccccc1. The largest absolute Gasteiger partial charge is 0.364 e. The smallest absolute Gasteiger partial charge is 0.162 e. The summed E-state index contributed by atoms with van der Waals surface area (Å²) in [5.74, 6) is 2.63. The molecular formula is C27H28N6. The lowest BCUT2D eigenvalue weighted by Gasteiger charge is -2.33. The van der Waals surface area contributed by atoms with Crippen LogP contribution in [-0.2, 0) is 0 Å². The van der Waals surface area contributed by atoms with Crippen LogP contribution in [0.25, 0.3) is 22.3 Å². The molecule has 2 aliphatic heterocycles. The third-order valence-electron chi connectivity index (χ3n) is 7.05. The summed E-state index contributed by atoms with van der Waals surface area (Å²) in [5, 5.41) is 4.65.